The van der Waals surface area contributed by atoms with E-state index in [9.17, 15) is 13.2 Å². The van der Waals surface area contributed by atoms with Gasteiger partial charge in [0.05, 0.1) is 29.4 Å². The number of benzene rings is 3. The first-order chi connectivity index (χ1) is 16.4. The van der Waals surface area contributed by atoms with Gasteiger partial charge in [-0.3, -0.25) is 14.5 Å². The molecule has 7 heteroatoms. The van der Waals surface area contributed by atoms with E-state index in [4.69, 9.17) is 4.74 Å². The van der Waals surface area contributed by atoms with Crippen molar-refractivity contribution in [3.05, 3.63) is 113 Å². The number of carbonyl (C=O) groups excluding carboxylic acids is 1. The summed E-state index contributed by atoms with van der Waals surface area (Å²) >= 11 is 0. The summed E-state index contributed by atoms with van der Waals surface area (Å²) in [5.74, 6) is -0.288. The predicted molar refractivity (Wildman–Crippen MR) is 132 cm³/mol. The van der Waals surface area contributed by atoms with Crippen LogP contribution in [0.1, 0.15) is 27.9 Å². The van der Waals surface area contributed by atoms with Gasteiger partial charge in [0.2, 0.25) is 0 Å². The molecule has 0 radical (unpaired) electrons. The van der Waals surface area contributed by atoms with E-state index in [-0.39, 0.29) is 22.9 Å². The molecule has 4 rings (SSSR count). The van der Waals surface area contributed by atoms with Crippen LogP contribution >= 0.6 is 0 Å². The van der Waals surface area contributed by atoms with E-state index in [1.54, 1.807) is 48.5 Å². The van der Waals surface area contributed by atoms with Crippen molar-refractivity contribution in [2.24, 2.45) is 4.99 Å². The summed E-state index contributed by atoms with van der Waals surface area (Å²) in [5, 5.41) is 0. The van der Waals surface area contributed by atoms with Gasteiger partial charge in [-0.1, -0.05) is 78.4 Å². The standard InChI is InChI=1S/C27H26N2O4S/c1-20-12-14-23(15-13-20)34(31,32)29-24-16-17-28-25(19-33-18-21-8-4-2-5-9-21)26(24)27(30)22-10-6-3-7-11-22/h2-15,29H,16-19H2,1H3. The number of aryl methyl sites for hydroxylation is 1. The Hall–Kier alpha value is -3.55. The Balaban J connectivity index is 1.64. The fraction of sp³-hybridized carbons (Fsp3) is 0.185. The van der Waals surface area contributed by atoms with Crippen LogP contribution < -0.4 is 4.72 Å². The van der Waals surface area contributed by atoms with Gasteiger partial charge in [-0.05, 0) is 24.6 Å². The lowest BCUT2D eigenvalue weighted by molar-refractivity contribution is 0.103. The summed E-state index contributed by atoms with van der Waals surface area (Å²) in [4.78, 5) is 18.2. The summed E-state index contributed by atoms with van der Waals surface area (Å²) in [6, 6.07) is 25.1. The highest BCUT2D eigenvalue weighted by atomic mass is 32.2. The van der Waals surface area contributed by atoms with Crippen molar-refractivity contribution in [3.8, 4) is 0 Å². The van der Waals surface area contributed by atoms with Crippen molar-refractivity contribution < 1.29 is 17.9 Å². The molecule has 0 spiro atoms. The molecule has 0 saturated carbocycles. The topological polar surface area (TPSA) is 84.8 Å². The van der Waals surface area contributed by atoms with Crippen molar-refractivity contribution in [1.82, 2.24) is 4.72 Å². The Kier molecular flexibility index (Phi) is 7.35. The van der Waals surface area contributed by atoms with Gasteiger partial charge >= 0.3 is 0 Å². The van der Waals surface area contributed by atoms with Crippen LogP contribution in [-0.2, 0) is 21.4 Å². The fourth-order valence-electron chi connectivity index (χ4n) is 3.68. The zero-order chi connectivity index (χ0) is 24.0. The van der Waals surface area contributed by atoms with Gasteiger partial charge in [0.15, 0.2) is 5.78 Å². The molecule has 0 saturated heterocycles. The van der Waals surface area contributed by atoms with Crippen LogP contribution in [0.4, 0.5) is 0 Å². The van der Waals surface area contributed by atoms with Crippen LogP contribution in [0, 0.1) is 6.92 Å². The van der Waals surface area contributed by atoms with Gasteiger partial charge in [-0.25, -0.2) is 8.42 Å². The molecular weight excluding hydrogens is 448 g/mol. The normalized spacial score (nSPS) is 14.0. The first-order valence-corrected chi connectivity index (χ1v) is 12.5. The van der Waals surface area contributed by atoms with E-state index in [0.717, 1.165) is 11.1 Å². The number of ketones is 1. The summed E-state index contributed by atoms with van der Waals surface area (Å²) in [6.45, 7) is 2.71. The number of Topliss-reactive ketones (excluding diaryl/α,β-unsaturated/α-hetero) is 1. The molecule has 34 heavy (non-hydrogen) atoms. The van der Waals surface area contributed by atoms with E-state index in [2.05, 4.69) is 9.71 Å². The molecule has 1 N–H and O–H groups in total. The summed E-state index contributed by atoms with van der Waals surface area (Å²) in [5.41, 5.74) is 3.45. The highest BCUT2D eigenvalue weighted by Crippen LogP contribution is 2.22. The van der Waals surface area contributed by atoms with Crippen LogP contribution in [0.15, 0.2) is 106 Å². The second-order valence-electron chi connectivity index (χ2n) is 8.02. The third-order valence-electron chi connectivity index (χ3n) is 5.46. The van der Waals surface area contributed by atoms with E-state index in [1.165, 1.54) is 0 Å². The number of rotatable bonds is 9. The Labute approximate surface area is 200 Å². The highest BCUT2D eigenvalue weighted by Gasteiger charge is 2.28. The van der Waals surface area contributed by atoms with Gasteiger partial charge in [-0.15, -0.1) is 0 Å². The number of nitrogens with one attached hydrogen (secondary N) is 1. The molecule has 0 bridgehead atoms. The smallest absolute Gasteiger partial charge is 0.261 e. The molecule has 1 aliphatic heterocycles. The molecule has 0 atom stereocenters. The van der Waals surface area contributed by atoms with Crippen molar-refractivity contribution >= 4 is 21.5 Å². The van der Waals surface area contributed by atoms with Crippen molar-refractivity contribution in [2.45, 2.75) is 24.8 Å². The highest BCUT2D eigenvalue weighted by molar-refractivity contribution is 7.89. The fourth-order valence-corrected chi connectivity index (χ4v) is 4.82. The summed E-state index contributed by atoms with van der Waals surface area (Å²) in [6.07, 6.45) is 0.307. The molecule has 0 aromatic heterocycles. The van der Waals surface area contributed by atoms with Gasteiger partial charge < -0.3 is 4.74 Å². The minimum absolute atomic E-state index is 0.0958. The number of ether oxygens (including phenoxy) is 1. The first-order valence-electron chi connectivity index (χ1n) is 11.0. The lowest BCUT2D eigenvalue weighted by Crippen LogP contribution is -2.32. The second-order valence-corrected chi connectivity index (χ2v) is 9.71. The lowest BCUT2D eigenvalue weighted by Gasteiger charge is -2.22. The van der Waals surface area contributed by atoms with Gasteiger partial charge in [0.25, 0.3) is 10.0 Å². The number of dihydropyridines is 1. The quantitative estimate of drug-likeness (QED) is 0.464. The SMILES string of the molecule is Cc1ccc(S(=O)(=O)NC2=C(C(=O)c3ccccc3)C(COCc3ccccc3)=NCC2)cc1. The first kappa shape index (κ1) is 23.6. The molecule has 1 aliphatic rings. The number of nitrogens with zero attached hydrogens (tertiary/aromatic N) is 1. The van der Waals surface area contributed by atoms with Crippen LogP contribution in [0.25, 0.3) is 0 Å². The zero-order valence-electron chi connectivity index (χ0n) is 18.9. The molecule has 0 aliphatic carbocycles. The van der Waals surface area contributed by atoms with Gasteiger partial charge in [0.1, 0.15) is 0 Å². The molecule has 0 unspecified atom stereocenters. The third kappa shape index (κ3) is 5.68. The second kappa shape index (κ2) is 10.6. The maximum absolute atomic E-state index is 13.5. The minimum atomic E-state index is -3.87. The molecule has 1 heterocycles. The molecule has 6 nitrogen and oxygen atoms in total. The molecule has 3 aromatic carbocycles. The van der Waals surface area contributed by atoms with Crippen LogP contribution in [0.2, 0.25) is 0 Å². The Morgan fingerprint density at radius 2 is 1.56 bits per heavy atom. The average molecular weight is 475 g/mol. The van der Waals surface area contributed by atoms with Gasteiger partial charge in [-0.2, -0.15) is 0 Å². The number of carbonyl (C=O) groups is 1. The molecule has 3 aromatic rings. The third-order valence-corrected chi connectivity index (χ3v) is 6.86. The monoisotopic (exact) mass is 474 g/mol. The molecule has 174 valence electrons. The maximum Gasteiger partial charge on any atom is 0.261 e. The van der Waals surface area contributed by atoms with Crippen LogP contribution in [0.3, 0.4) is 0 Å². The van der Waals surface area contributed by atoms with Crippen LogP contribution in [0.5, 0.6) is 0 Å². The van der Waals surface area contributed by atoms with E-state index < -0.39 is 10.0 Å². The van der Waals surface area contributed by atoms with Crippen molar-refractivity contribution in [1.29, 1.82) is 0 Å². The molecule has 0 amide bonds. The zero-order valence-corrected chi connectivity index (χ0v) is 19.7. The van der Waals surface area contributed by atoms with Crippen molar-refractivity contribution in [2.75, 3.05) is 13.2 Å². The Morgan fingerprint density at radius 3 is 2.24 bits per heavy atom. The minimum Gasteiger partial charge on any atom is -0.370 e. The largest absolute Gasteiger partial charge is 0.370 e. The summed E-state index contributed by atoms with van der Waals surface area (Å²) in [7, 11) is -3.87. The Bertz CT molecular complexity index is 1310. The molecular formula is C27H26N2O4S. The van der Waals surface area contributed by atoms with Gasteiger partial charge in [0, 0.05) is 24.2 Å². The lowest BCUT2D eigenvalue weighted by atomic mass is 9.95. The van der Waals surface area contributed by atoms with E-state index in [1.807, 2.05) is 43.3 Å². The number of hydrogen-bond acceptors (Lipinski definition) is 5. The molecule has 0 fully saturated rings. The Morgan fingerprint density at radius 1 is 0.912 bits per heavy atom. The number of hydrogen-bond donors (Lipinski definition) is 1. The van der Waals surface area contributed by atoms with E-state index in [0.29, 0.717) is 36.5 Å². The predicted octanol–water partition coefficient (Wildman–Crippen LogP) is 4.47. The number of aliphatic imine (C=N–C) groups is 1. The van der Waals surface area contributed by atoms with Crippen molar-refractivity contribution in [3.63, 3.8) is 0 Å². The maximum atomic E-state index is 13.5. The van der Waals surface area contributed by atoms with Crippen LogP contribution in [-0.4, -0.2) is 33.1 Å². The van der Waals surface area contributed by atoms with E-state index >= 15 is 0 Å². The average Bonchev–Trinajstić information content (AvgIpc) is 2.85. The summed E-state index contributed by atoms with van der Waals surface area (Å²) < 4.78 is 34.7. The number of sulfonamides is 1.